The van der Waals surface area contributed by atoms with Gasteiger partial charge in [-0.25, -0.2) is 4.79 Å². The molecule has 2 N–H and O–H groups in total. The predicted octanol–water partition coefficient (Wildman–Crippen LogP) is 1.35. The number of carbonyl (C=O) groups is 2. The summed E-state index contributed by atoms with van der Waals surface area (Å²) in [5, 5.41) is 13.0. The molecule has 0 bridgehead atoms. The van der Waals surface area contributed by atoms with Crippen LogP contribution in [0.3, 0.4) is 0 Å². The Kier molecular flexibility index (Phi) is 8.94. The van der Waals surface area contributed by atoms with E-state index in [2.05, 4.69) is 10.3 Å². The van der Waals surface area contributed by atoms with Crippen LogP contribution in [0.5, 0.6) is 0 Å². The van der Waals surface area contributed by atoms with Crippen LogP contribution in [0.2, 0.25) is 0 Å². The van der Waals surface area contributed by atoms with E-state index in [9.17, 15) is 19.5 Å². The molecule has 32 heavy (non-hydrogen) atoms. The Bertz CT molecular complexity index is 845. The van der Waals surface area contributed by atoms with Gasteiger partial charge in [0.1, 0.15) is 18.5 Å². The molecule has 10 nitrogen and oxygen atoms in total. The van der Waals surface area contributed by atoms with Crippen molar-refractivity contribution in [3.8, 4) is 0 Å². The topological polar surface area (TPSA) is 129 Å². The number of aromatic nitrogens is 2. The van der Waals surface area contributed by atoms with Gasteiger partial charge in [-0.1, -0.05) is 27.7 Å². The van der Waals surface area contributed by atoms with Crippen molar-refractivity contribution in [3.63, 3.8) is 0 Å². The zero-order chi connectivity index (χ0) is 24.1. The Labute approximate surface area is 188 Å². The molecule has 2 rings (SSSR count). The van der Waals surface area contributed by atoms with Crippen LogP contribution >= 0.6 is 0 Å². The molecular weight excluding hydrogens is 418 g/mol. The summed E-state index contributed by atoms with van der Waals surface area (Å²) >= 11 is 0. The highest BCUT2D eigenvalue weighted by molar-refractivity contribution is 5.84. The van der Waals surface area contributed by atoms with Gasteiger partial charge in [0, 0.05) is 18.5 Å². The van der Waals surface area contributed by atoms with Crippen LogP contribution in [0.1, 0.15) is 48.0 Å². The molecule has 1 fully saturated rings. The largest absolute Gasteiger partial charge is 0.463 e. The summed E-state index contributed by atoms with van der Waals surface area (Å²) in [6.07, 6.45) is 0.491. The number of ketones is 1. The molecule has 1 aromatic heterocycles. The standard InChI is InChI=1S/C22H35N3O7/c1-13(2)16(26)10-23-19-7-8-25(21(28)24-19)11-18-17(32-22(5,6)29)9-15(31-18)12-30-20(27)14(3)4/h7-8,13-15,17-18,29H,9-12H2,1-6H3,(H,23,24,28)/t15-,17+,18-/m0/s1. The molecule has 1 aliphatic heterocycles. The number of nitrogens with zero attached hydrogens (tertiary/aromatic N) is 2. The Balaban J connectivity index is 2.05. The molecule has 0 spiro atoms. The fourth-order valence-corrected chi connectivity index (χ4v) is 3.15. The van der Waals surface area contributed by atoms with Gasteiger partial charge in [-0.2, -0.15) is 4.98 Å². The summed E-state index contributed by atoms with van der Waals surface area (Å²) in [6, 6.07) is 1.61. The van der Waals surface area contributed by atoms with E-state index in [0.29, 0.717) is 12.2 Å². The smallest absolute Gasteiger partial charge is 0.349 e. The van der Waals surface area contributed by atoms with Gasteiger partial charge in [-0.05, 0) is 19.9 Å². The van der Waals surface area contributed by atoms with E-state index in [1.165, 1.54) is 18.4 Å². The molecule has 10 heteroatoms. The van der Waals surface area contributed by atoms with Crippen LogP contribution < -0.4 is 11.0 Å². The Morgan fingerprint density at radius 3 is 2.56 bits per heavy atom. The second-order valence-corrected chi connectivity index (χ2v) is 9.14. The third-order valence-electron chi connectivity index (χ3n) is 4.94. The first-order chi connectivity index (χ1) is 14.9. The molecule has 1 saturated heterocycles. The normalized spacial score (nSPS) is 21.2. The molecule has 0 amide bonds. The highest BCUT2D eigenvalue weighted by Gasteiger charge is 2.39. The first kappa shape index (κ1) is 26.0. The number of hydrogen-bond donors (Lipinski definition) is 2. The quantitative estimate of drug-likeness (QED) is 0.377. The van der Waals surface area contributed by atoms with Crippen LogP contribution in [0, 0.1) is 11.8 Å². The van der Waals surface area contributed by atoms with Crippen molar-refractivity contribution >= 4 is 17.6 Å². The van der Waals surface area contributed by atoms with Crippen molar-refractivity contribution < 1.29 is 28.9 Å². The summed E-state index contributed by atoms with van der Waals surface area (Å²) in [5.41, 5.74) is -0.507. The van der Waals surface area contributed by atoms with Crippen LogP contribution in [-0.2, 0) is 30.3 Å². The molecule has 3 atom stereocenters. The van der Waals surface area contributed by atoms with Gasteiger partial charge in [0.25, 0.3) is 0 Å². The lowest BCUT2D eigenvalue weighted by atomic mass is 10.1. The SMILES string of the molecule is CC(C)C(=O)CNc1ccn(C[C@@H]2O[C@H](COC(=O)C(C)C)C[C@H]2OC(C)(C)O)c(=O)n1. The summed E-state index contributed by atoms with van der Waals surface area (Å²) in [4.78, 5) is 40.0. The minimum absolute atomic E-state index is 0.0196. The number of Topliss-reactive ketones (excluding diaryl/α,β-unsaturated/α-hetero) is 1. The molecule has 1 aromatic rings. The van der Waals surface area contributed by atoms with E-state index in [1.807, 2.05) is 0 Å². The maximum absolute atomic E-state index is 12.5. The summed E-state index contributed by atoms with van der Waals surface area (Å²) < 4.78 is 18.4. The second-order valence-electron chi connectivity index (χ2n) is 9.14. The number of rotatable bonds is 11. The van der Waals surface area contributed by atoms with E-state index >= 15 is 0 Å². The third-order valence-corrected chi connectivity index (χ3v) is 4.94. The molecule has 0 unspecified atom stereocenters. The third kappa shape index (κ3) is 7.99. The number of esters is 1. The minimum Gasteiger partial charge on any atom is -0.463 e. The van der Waals surface area contributed by atoms with Crippen LogP contribution in [0.25, 0.3) is 0 Å². The predicted molar refractivity (Wildman–Crippen MR) is 117 cm³/mol. The molecule has 1 aliphatic rings. The number of nitrogens with one attached hydrogen (secondary N) is 1. The molecule has 0 aromatic carbocycles. The summed E-state index contributed by atoms with van der Waals surface area (Å²) in [6.45, 7) is 10.4. The van der Waals surface area contributed by atoms with Crippen molar-refractivity contribution in [1.29, 1.82) is 0 Å². The van der Waals surface area contributed by atoms with Crippen LogP contribution in [0.15, 0.2) is 17.1 Å². The van der Waals surface area contributed by atoms with Crippen molar-refractivity contribution in [1.82, 2.24) is 9.55 Å². The molecule has 0 aliphatic carbocycles. The molecule has 0 saturated carbocycles. The van der Waals surface area contributed by atoms with Gasteiger partial charge >= 0.3 is 11.7 Å². The van der Waals surface area contributed by atoms with Crippen molar-refractivity contribution in [2.75, 3.05) is 18.5 Å². The van der Waals surface area contributed by atoms with E-state index in [0.717, 1.165) is 0 Å². The summed E-state index contributed by atoms with van der Waals surface area (Å²) in [7, 11) is 0. The fraction of sp³-hybridized carbons (Fsp3) is 0.727. The highest BCUT2D eigenvalue weighted by atomic mass is 16.7. The number of carbonyl (C=O) groups excluding carboxylic acids is 2. The lowest BCUT2D eigenvalue weighted by Gasteiger charge is -2.26. The average molecular weight is 454 g/mol. The monoisotopic (exact) mass is 453 g/mol. The number of aliphatic hydroxyl groups is 1. The van der Waals surface area contributed by atoms with Gasteiger partial charge in [-0.15, -0.1) is 0 Å². The first-order valence-corrected chi connectivity index (χ1v) is 10.9. The summed E-state index contributed by atoms with van der Waals surface area (Å²) in [5.74, 6) is -1.74. The average Bonchev–Trinajstić information content (AvgIpc) is 3.05. The molecule has 180 valence electrons. The van der Waals surface area contributed by atoms with E-state index in [4.69, 9.17) is 14.2 Å². The Morgan fingerprint density at radius 2 is 2.00 bits per heavy atom. The Hall–Kier alpha value is -2.30. The minimum atomic E-state index is -1.39. The van der Waals surface area contributed by atoms with E-state index in [-0.39, 0.29) is 43.3 Å². The van der Waals surface area contributed by atoms with Crippen molar-refractivity contribution in [2.45, 2.75) is 78.6 Å². The number of hydrogen-bond acceptors (Lipinski definition) is 9. The second kappa shape index (κ2) is 11.0. The first-order valence-electron chi connectivity index (χ1n) is 10.9. The van der Waals surface area contributed by atoms with Gasteiger partial charge in [0.2, 0.25) is 0 Å². The lowest BCUT2D eigenvalue weighted by Crippen LogP contribution is -2.39. The van der Waals surface area contributed by atoms with Crippen molar-refractivity contribution in [2.24, 2.45) is 11.8 Å². The molecule has 0 radical (unpaired) electrons. The zero-order valence-electron chi connectivity index (χ0n) is 19.7. The maximum Gasteiger partial charge on any atom is 0.349 e. The van der Waals surface area contributed by atoms with E-state index < -0.39 is 29.8 Å². The number of ether oxygens (including phenoxy) is 3. The van der Waals surface area contributed by atoms with Crippen LogP contribution in [0.4, 0.5) is 5.82 Å². The van der Waals surface area contributed by atoms with Crippen molar-refractivity contribution in [3.05, 3.63) is 22.7 Å². The van der Waals surface area contributed by atoms with Gasteiger partial charge in [0.05, 0.1) is 31.2 Å². The lowest BCUT2D eigenvalue weighted by molar-refractivity contribution is -0.215. The highest BCUT2D eigenvalue weighted by Crippen LogP contribution is 2.28. The fourth-order valence-electron chi connectivity index (χ4n) is 3.15. The molecular formula is C22H35N3O7. The molecule has 2 heterocycles. The van der Waals surface area contributed by atoms with Crippen LogP contribution in [-0.4, -0.2) is 63.7 Å². The van der Waals surface area contributed by atoms with Gasteiger partial charge in [-0.3, -0.25) is 14.2 Å². The van der Waals surface area contributed by atoms with E-state index in [1.54, 1.807) is 40.0 Å². The number of anilines is 1. The van der Waals surface area contributed by atoms with Gasteiger partial charge < -0.3 is 24.6 Å². The zero-order valence-corrected chi connectivity index (χ0v) is 19.7. The maximum atomic E-state index is 12.5. The Morgan fingerprint density at radius 1 is 1.31 bits per heavy atom. The van der Waals surface area contributed by atoms with Gasteiger partial charge in [0.15, 0.2) is 11.6 Å².